The second kappa shape index (κ2) is 4.67. The minimum Gasteiger partial charge on any atom is -0.308 e. The van der Waals surface area contributed by atoms with Gasteiger partial charge in [-0.2, -0.15) is 5.26 Å². The Bertz CT molecular complexity index is 415. The van der Waals surface area contributed by atoms with Crippen LogP contribution in [0.2, 0.25) is 0 Å². The van der Waals surface area contributed by atoms with E-state index in [0.29, 0.717) is 12.1 Å². The van der Waals surface area contributed by atoms with Gasteiger partial charge in [-0.3, -0.25) is 0 Å². The molecule has 0 saturated carbocycles. The molecule has 1 aliphatic rings. The third kappa shape index (κ3) is 2.25. The molecule has 1 N–H and O–H groups in total. The van der Waals surface area contributed by atoms with Gasteiger partial charge in [-0.1, -0.05) is 19.9 Å². The van der Waals surface area contributed by atoms with Crippen molar-refractivity contribution in [3.8, 4) is 6.07 Å². The molecule has 1 aromatic carbocycles. The second-order valence-corrected chi connectivity index (χ2v) is 4.79. The molecular weight excluding hydrogens is 196 g/mol. The molecule has 1 unspecified atom stereocenters. The molecule has 2 rings (SSSR count). The minimum absolute atomic E-state index is 0.469. The van der Waals surface area contributed by atoms with Crippen molar-refractivity contribution in [2.45, 2.75) is 45.2 Å². The Hall–Kier alpha value is -1.33. The van der Waals surface area contributed by atoms with E-state index in [1.807, 2.05) is 12.1 Å². The Morgan fingerprint density at radius 1 is 1.44 bits per heavy atom. The molecule has 0 aliphatic heterocycles. The molecule has 2 heteroatoms. The summed E-state index contributed by atoms with van der Waals surface area (Å²) >= 11 is 0. The maximum Gasteiger partial charge on any atom is 0.0991 e. The summed E-state index contributed by atoms with van der Waals surface area (Å²) in [5.74, 6) is 0. The number of hydrogen-bond donors (Lipinski definition) is 1. The predicted molar refractivity (Wildman–Crippen MR) is 65.1 cm³/mol. The summed E-state index contributed by atoms with van der Waals surface area (Å²) in [6.45, 7) is 4.36. The van der Waals surface area contributed by atoms with Gasteiger partial charge in [0, 0.05) is 12.1 Å². The Morgan fingerprint density at radius 3 is 2.94 bits per heavy atom. The topological polar surface area (TPSA) is 35.8 Å². The van der Waals surface area contributed by atoms with E-state index < -0.39 is 0 Å². The summed E-state index contributed by atoms with van der Waals surface area (Å²) < 4.78 is 0. The largest absolute Gasteiger partial charge is 0.308 e. The average molecular weight is 214 g/mol. The average Bonchev–Trinajstić information content (AvgIpc) is 2.28. The van der Waals surface area contributed by atoms with Crippen LogP contribution in [-0.4, -0.2) is 6.04 Å². The first-order valence-corrected chi connectivity index (χ1v) is 5.99. The molecule has 2 nitrogen and oxygen atoms in total. The highest BCUT2D eigenvalue weighted by Gasteiger charge is 2.20. The fourth-order valence-corrected chi connectivity index (χ4v) is 2.46. The van der Waals surface area contributed by atoms with Crippen molar-refractivity contribution >= 4 is 0 Å². The molecule has 0 fully saturated rings. The molecular formula is C14H18N2. The Morgan fingerprint density at radius 2 is 2.25 bits per heavy atom. The molecule has 0 amide bonds. The van der Waals surface area contributed by atoms with Crippen LogP contribution in [0.1, 0.15) is 49.4 Å². The number of aryl methyl sites for hydroxylation is 1. The number of rotatable bonds is 2. The van der Waals surface area contributed by atoms with Gasteiger partial charge in [0.1, 0.15) is 0 Å². The molecule has 1 aliphatic carbocycles. The zero-order valence-electron chi connectivity index (χ0n) is 9.96. The van der Waals surface area contributed by atoms with Crippen molar-refractivity contribution in [3.05, 3.63) is 34.9 Å². The van der Waals surface area contributed by atoms with Gasteiger partial charge in [-0.15, -0.1) is 0 Å². The zero-order chi connectivity index (χ0) is 11.5. The minimum atomic E-state index is 0.469. The van der Waals surface area contributed by atoms with Crippen molar-refractivity contribution in [1.82, 2.24) is 5.32 Å². The highest BCUT2D eigenvalue weighted by Crippen LogP contribution is 2.30. The maximum atomic E-state index is 8.88. The van der Waals surface area contributed by atoms with Crippen LogP contribution in [0.15, 0.2) is 18.2 Å². The van der Waals surface area contributed by atoms with E-state index in [4.69, 9.17) is 5.26 Å². The Kier molecular flexibility index (Phi) is 3.26. The number of nitrogens with zero attached hydrogens (tertiary/aromatic N) is 1. The Balaban J connectivity index is 2.29. The monoisotopic (exact) mass is 214 g/mol. The molecule has 0 radical (unpaired) electrons. The van der Waals surface area contributed by atoms with E-state index in [-0.39, 0.29) is 0 Å². The van der Waals surface area contributed by atoms with Crippen molar-refractivity contribution in [2.75, 3.05) is 0 Å². The van der Waals surface area contributed by atoms with E-state index in [0.717, 1.165) is 12.0 Å². The lowest BCUT2D eigenvalue weighted by atomic mass is 9.86. The van der Waals surface area contributed by atoms with Crippen molar-refractivity contribution in [3.63, 3.8) is 0 Å². The first-order valence-electron chi connectivity index (χ1n) is 5.99. The number of hydrogen-bond acceptors (Lipinski definition) is 2. The Labute approximate surface area is 97.3 Å². The van der Waals surface area contributed by atoms with Gasteiger partial charge < -0.3 is 5.32 Å². The summed E-state index contributed by atoms with van der Waals surface area (Å²) in [6, 6.07) is 9.28. The van der Waals surface area contributed by atoms with Gasteiger partial charge in [0.05, 0.1) is 11.6 Å². The van der Waals surface area contributed by atoms with Gasteiger partial charge in [0.25, 0.3) is 0 Å². The molecule has 1 atom stereocenters. The van der Waals surface area contributed by atoms with Gasteiger partial charge in [-0.25, -0.2) is 0 Å². The molecule has 0 bridgehead atoms. The quantitative estimate of drug-likeness (QED) is 0.821. The van der Waals surface area contributed by atoms with Gasteiger partial charge in [-0.05, 0) is 42.5 Å². The third-order valence-corrected chi connectivity index (χ3v) is 3.12. The van der Waals surface area contributed by atoms with Crippen LogP contribution < -0.4 is 5.32 Å². The van der Waals surface area contributed by atoms with Crippen LogP contribution in [0, 0.1) is 11.3 Å². The normalized spacial score (nSPS) is 19.2. The molecule has 1 aromatic rings. The SMILES string of the molecule is CC(C)NC1CCCc2cc(C#N)ccc21. The van der Waals surface area contributed by atoms with E-state index in [1.165, 1.54) is 24.0 Å². The third-order valence-electron chi connectivity index (χ3n) is 3.12. The van der Waals surface area contributed by atoms with Crippen LogP contribution >= 0.6 is 0 Å². The fourth-order valence-electron chi connectivity index (χ4n) is 2.46. The summed E-state index contributed by atoms with van der Waals surface area (Å²) in [5, 5.41) is 12.5. The summed E-state index contributed by atoms with van der Waals surface area (Å²) in [4.78, 5) is 0. The number of nitriles is 1. The van der Waals surface area contributed by atoms with Gasteiger partial charge >= 0.3 is 0 Å². The molecule has 0 aromatic heterocycles. The number of fused-ring (bicyclic) bond motifs is 1. The standard InChI is InChI=1S/C14H18N2/c1-10(2)16-14-5-3-4-12-8-11(9-15)6-7-13(12)14/h6-8,10,14,16H,3-5H2,1-2H3. The lowest BCUT2D eigenvalue weighted by molar-refractivity contribution is 0.423. The van der Waals surface area contributed by atoms with E-state index >= 15 is 0 Å². The fraction of sp³-hybridized carbons (Fsp3) is 0.500. The van der Waals surface area contributed by atoms with Gasteiger partial charge in [0.15, 0.2) is 0 Å². The van der Waals surface area contributed by atoms with Gasteiger partial charge in [0.2, 0.25) is 0 Å². The van der Waals surface area contributed by atoms with Crippen molar-refractivity contribution in [1.29, 1.82) is 5.26 Å². The maximum absolute atomic E-state index is 8.88. The highest BCUT2D eigenvalue weighted by atomic mass is 14.9. The molecule has 0 heterocycles. The summed E-state index contributed by atoms with van der Waals surface area (Å²) in [6.07, 6.45) is 3.53. The summed E-state index contributed by atoms with van der Waals surface area (Å²) in [5.41, 5.74) is 3.52. The summed E-state index contributed by atoms with van der Waals surface area (Å²) in [7, 11) is 0. The highest BCUT2D eigenvalue weighted by molar-refractivity contribution is 5.40. The molecule has 0 spiro atoms. The van der Waals surface area contributed by atoms with Crippen molar-refractivity contribution < 1.29 is 0 Å². The predicted octanol–water partition coefficient (Wildman–Crippen LogP) is 2.93. The second-order valence-electron chi connectivity index (χ2n) is 4.79. The van der Waals surface area contributed by atoms with E-state index in [9.17, 15) is 0 Å². The lowest BCUT2D eigenvalue weighted by Gasteiger charge is -2.28. The smallest absolute Gasteiger partial charge is 0.0991 e. The number of benzene rings is 1. The zero-order valence-corrected chi connectivity index (χ0v) is 9.96. The molecule has 16 heavy (non-hydrogen) atoms. The lowest BCUT2D eigenvalue weighted by Crippen LogP contribution is -2.30. The van der Waals surface area contributed by atoms with Crippen LogP contribution in [0.5, 0.6) is 0 Å². The first kappa shape index (κ1) is 11.2. The number of nitrogens with one attached hydrogen (secondary N) is 1. The van der Waals surface area contributed by atoms with E-state index in [1.54, 1.807) is 0 Å². The van der Waals surface area contributed by atoms with Crippen molar-refractivity contribution in [2.24, 2.45) is 0 Å². The van der Waals surface area contributed by atoms with Crippen LogP contribution in [0.4, 0.5) is 0 Å². The first-order chi connectivity index (χ1) is 7.70. The van der Waals surface area contributed by atoms with Crippen LogP contribution in [-0.2, 0) is 6.42 Å². The van der Waals surface area contributed by atoms with Crippen LogP contribution in [0.25, 0.3) is 0 Å². The van der Waals surface area contributed by atoms with E-state index in [2.05, 4.69) is 31.3 Å². The molecule has 0 saturated heterocycles. The van der Waals surface area contributed by atoms with Crippen LogP contribution in [0.3, 0.4) is 0 Å². The molecule has 84 valence electrons.